The number of hydrogen-bond donors (Lipinski definition) is 0. The molecule has 0 aliphatic rings. The number of carbonyl (C=O) groups is 1. The highest BCUT2D eigenvalue weighted by Gasteiger charge is 2.05. The minimum absolute atomic E-state index is 0.0582. The molecule has 0 N–H and O–H groups in total. The molecule has 0 atom stereocenters. The quantitative estimate of drug-likeness (QED) is 0.787. The fourth-order valence-electron chi connectivity index (χ4n) is 1.70. The van der Waals surface area contributed by atoms with Crippen LogP contribution in [-0.4, -0.2) is 13.4 Å². The number of ether oxygens (including phenoxy) is 2. The van der Waals surface area contributed by atoms with Crippen LogP contribution in [0.3, 0.4) is 0 Å². The maximum atomic E-state index is 13.5. The Labute approximate surface area is 114 Å². The first kappa shape index (κ1) is 14.0. The van der Waals surface area contributed by atoms with Crippen molar-refractivity contribution in [1.82, 2.24) is 0 Å². The zero-order chi connectivity index (χ0) is 14.5. The van der Waals surface area contributed by atoms with Crippen molar-refractivity contribution in [2.24, 2.45) is 0 Å². The van der Waals surface area contributed by atoms with Gasteiger partial charge in [-0.15, -0.1) is 0 Å². The Hall–Kier alpha value is -2.43. The summed E-state index contributed by atoms with van der Waals surface area (Å²) in [5.74, 6) is -0.710. The largest absolute Gasteiger partial charge is 0.494 e. The van der Waals surface area contributed by atoms with Crippen molar-refractivity contribution in [2.45, 2.75) is 6.61 Å². The first-order valence-corrected chi connectivity index (χ1v) is 5.83. The summed E-state index contributed by atoms with van der Waals surface area (Å²) < 4.78 is 36.8. The minimum atomic E-state index is -0.564. The van der Waals surface area contributed by atoms with Crippen molar-refractivity contribution < 1.29 is 23.0 Å². The molecule has 0 fully saturated rings. The van der Waals surface area contributed by atoms with E-state index in [4.69, 9.17) is 9.47 Å². The van der Waals surface area contributed by atoms with Gasteiger partial charge in [0, 0.05) is 11.6 Å². The Morgan fingerprint density at radius 1 is 1.15 bits per heavy atom. The summed E-state index contributed by atoms with van der Waals surface area (Å²) in [7, 11) is 1.38. The van der Waals surface area contributed by atoms with Crippen LogP contribution in [0.15, 0.2) is 36.4 Å². The Balaban J connectivity index is 2.10. The van der Waals surface area contributed by atoms with Crippen molar-refractivity contribution in [1.29, 1.82) is 0 Å². The van der Waals surface area contributed by atoms with Gasteiger partial charge in [0.15, 0.2) is 11.6 Å². The molecule has 2 aromatic rings. The molecule has 2 rings (SSSR count). The lowest BCUT2D eigenvalue weighted by molar-refractivity contribution is 0.112. The van der Waals surface area contributed by atoms with Crippen LogP contribution >= 0.6 is 0 Å². The van der Waals surface area contributed by atoms with Gasteiger partial charge in [-0.1, -0.05) is 6.07 Å². The smallest absolute Gasteiger partial charge is 0.165 e. The van der Waals surface area contributed by atoms with E-state index in [1.807, 2.05) is 0 Å². The number of rotatable bonds is 5. The van der Waals surface area contributed by atoms with Gasteiger partial charge in [0.2, 0.25) is 0 Å². The molecule has 0 amide bonds. The molecule has 20 heavy (non-hydrogen) atoms. The van der Waals surface area contributed by atoms with E-state index in [-0.39, 0.29) is 23.7 Å². The summed E-state index contributed by atoms with van der Waals surface area (Å²) in [5.41, 5.74) is 0.751. The molecule has 0 aliphatic carbocycles. The SMILES string of the molecule is COc1ccc(COc2cc(F)cc(C=O)c2)cc1F. The van der Waals surface area contributed by atoms with Gasteiger partial charge in [-0.05, 0) is 29.8 Å². The van der Waals surface area contributed by atoms with Gasteiger partial charge >= 0.3 is 0 Å². The van der Waals surface area contributed by atoms with E-state index in [0.717, 1.165) is 12.1 Å². The zero-order valence-electron chi connectivity index (χ0n) is 10.7. The van der Waals surface area contributed by atoms with Gasteiger partial charge < -0.3 is 9.47 Å². The molecule has 0 heterocycles. The van der Waals surface area contributed by atoms with Crippen LogP contribution in [0.25, 0.3) is 0 Å². The molecular weight excluding hydrogens is 266 g/mol. The van der Waals surface area contributed by atoms with Crippen LogP contribution in [0.2, 0.25) is 0 Å². The average molecular weight is 278 g/mol. The van der Waals surface area contributed by atoms with Gasteiger partial charge in [-0.2, -0.15) is 0 Å². The van der Waals surface area contributed by atoms with E-state index in [2.05, 4.69) is 0 Å². The summed E-state index contributed by atoms with van der Waals surface area (Å²) in [6.07, 6.45) is 0.531. The van der Waals surface area contributed by atoms with Crippen molar-refractivity contribution >= 4 is 6.29 Å². The first-order chi connectivity index (χ1) is 9.62. The van der Waals surface area contributed by atoms with Crippen LogP contribution in [0, 0.1) is 11.6 Å². The Morgan fingerprint density at radius 2 is 1.95 bits per heavy atom. The number of hydrogen-bond acceptors (Lipinski definition) is 3. The Kier molecular flexibility index (Phi) is 4.30. The average Bonchev–Trinajstić information content (AvgIpc) is 2.44. The van der Waals surface area contributed by atoms with Gasteiger partial charge in [-0.25, -0.2) is 8.78 Å². The molecule has 0 unspecified atom stereocenters. The van der Waals surface area contributed by atoms with E-state index >= 15 is 0 Å². The second kappa shape index (κ2) is 6.14. The predicted molar refractivity (Wildman–Crippen MR) is 69.1 cm³/mol. The van der Waals surface area contributed by atoms with E-state index < -0.39 is 11.6 Å². The number of benzene rings is 2. The molecule has 0 saturated heterocycles. The second-order valence-corrected chi connectivity index (χ2v) is 4.10. The molecule has 3 nitrogen and oxygen atoms in total. The molecule has 0 aromatic heterocycles. The van der Waals surface area contributed by atoms with Crippen molar-refractivity contribution in [2.75, 3.05) is 7.11 Å². The molecule has 0 aliphatic heterocycles. The summed E-state index contributed by atoms with van der Waals surface area (Å²) in [6, 6.07) is 8.08. The van der Waals surface area contributed by atoms with Crippen LogP contribution < -0.4 is 9.47 Å². The third kappa shape index (κ3) is 3.32. The minimum Gasteiger partial charge on any atom is -0.494 e. The maximum absolute atomic E-state index is 13.5. The molecule has 0 saturated carbocycles. The van der Waals surface area contributed by atoms with Crippen LogP contribution in [0.1, 0.15) is 15.9 Å². The normalized spacial score (nSPS) is 10.2. The standard InChI is InChI=1S/C15H12F2O3/c1-19-15-3-2-10(6-14(15)17)9-20-13-5-11(8-18)4-12(16)7-13/h2-8H,9H2,1H3. The summed E-state index contributed by atoms with van der Waals surface area (Å²) in [5, 5.41) is 0. The van der Waals surface area contributed by atoms with E-state index in [9.17, 15) is 13.6 Å². The van der Waals surface area contributed by atoms with Gasteiger partial charge in [-0.3, -0.25) is 4.79 Å². The number of halogens is 2. The zero-order valence-corrected chi connectivity index (χ0v) is 10.7. The van der Waals surface area contributed by atoms with Crippen molar-refractivity contribution in [3.05, 3.63) is 59.2 Å². The summed E-state index contributed by atoms with van der Waals surface area (Å²) in [6.45, 7) is 0.0582. The van der Waals surface area contributed by atoms with Crippen molar-refractivity contribution in [3.8, 4) is 11.5 Å². The summed E-state index contributed by atoms with van der Waals surface area (Å²) in [4.78, 5) is 10.6. The fraction of sp³-hybridized carbons (Fsp3) is 0.133. The van der Waals surface area contributed by atoms with Gasteiger partial charge in [0.1, 0.15) is 24.5 Å². The monoisotopic (exact) mass is 278 g/mol. The molecule has 0 spiro atoms. The summed E-state index contributed by atoms with van der Waals surface area (Å²) >= 11 is 0. The third-order valence-electron chi connectivity index (χ3n) is 2.65. The maximum Gasteiger partial charge on any atom is 0.165 e. The van der Waals surface area contributed by atoms with Crippen LogP contribution in [-0.2, 0) is 6.61 Å². The molecule has 0 bridgehead atoms. The molecule has 5 heteroatoms. The highest BCUT2D eigenvalue weighted by Crippen LogP contribution is 2.20. The number of carbonyl (C=O) groups excluding carboxylic acids is 1. The van der Waals surface area contributed by atoms with Crippen LogP contribution in [0.4, 0.5) is 8.78 Å². The third-order valence-corrected chi connectivity index (χ3v) is 2.65. The highest BCUT2D eigenvalue weighted by molar-refractivity contribution is 5.75. The fourth-order valence-corrected chi connectivity index (χ4v) is 1.70. The number of aldehydes is 1. The molecule has 104 valence electrons. The van der Waals surface area contributed by atoms with Crippen LogP contribution in [0.5, 0.6) is 11.5 Å². The van der Waals surface area contributed by atoms with Crippen molar-refractivity contribution in [3.63, 3.8) is 0 Å². The Morgan fingerprint density at radius 3 is 2.60 bits per heavy atom. The first-order valence-electron chi connectivity index (χ1n) is 5.83. The predicted octanol–water partition coefficient (Wildman–Crippen LogP) is 3.36. The molecular formula is C15H12F2O3. The molecule has 2 aromatic carbocycles. The lowest BCUT2D eigenvalue weighted by atomic mass is 10.2. The van der Waals surface area contributed by atoms with E-state index in [0.29, 0.717) is 11.8 Å². The topological polar surface area (TPSA) is 35.5 Å². The second-order valence-electron chi connectivity index (χ2n) is 4.10. The van der Waals surface area contributed by atoms with Gasteiger partial charge in [0.05, 0.1) is 7.11 Å². The lowest BCUT2D eigenvalue weighted by Gasteiger charge is -2.08. The lowest BCUT2D eigenvalue weighted by Crippen LogP contribution is -1.98. The van der Waals surface area contributed by atoms with E-state index in [1.165, 1.54) is 25.3 Å². The highest BCUT2D eigenvalue weighted by atomic mass is 19.1. The number of methoxy groups -OCH3 is 1. The Bertz CT molecular complexity index is 627. The van der Waals surface area contributed by atoms with E-state index in [1.54, 1.807) is 6.07 Å². The molecule has 0 radical (unpaired) electrons. The van der Waals surface area contributed by atoms with Gasteiger partial charge in [0.25, 0.3) is 0 Å².